The smallest absolute Gasteiger partial charge is 0.155 e. The molecular formula is C11H11BrN4O. The molecule has 1 saturated carbocycles. The van der Waals surface area contributed by atoms with Gasteiger partial charge in [-0.25, -0.2) is 9.97 Å². The van der Waals surface area contributed by atoms with Gasteiger partial charge in [0.2, 0.25) is 0 Å². The maximum Gasteiger partial charge on any atom is 0.155 e. The molecule has 0 amide bonds. The molecule has 88 valence electrons. The largest absolute Gasteiger partial charge is 0.363 e. The van der Waals surface area contributed by atoms with E-state index in [1.807, 2.05) is 12.1 Å². The first-order valence-electron chi connectivity index (χ1n) is 5.49. The zero-order valence-electron chi connectivity index (χ0n) is 9.06. The fourth-order valence-electron chi connectivity index (χ4n) is 1.56. The van der Waals surface area contributed by atoms with E-state index >= 15 is 0 Å². The highest BCUT2D eigenvalue weighted by Crippen LogP contribution is 2.38. The normalized spacial score (nSPS) is 14.9. The summed E-state index contributed by atoms with van der Waals surface area (Å²) in [6.45, 7) is 0.577. The lowest BCUT2D eigenvalue weighted by molar-refractivity contribution is 0.388. The van der Waals surface area contributed by atoms with E-state index in [1.165, 1.54) is 12.8 Å². The van der Waals surface area contributed by atoms with Crippen molar-refractivity contribution in [2.75, 3.05) is 5.32 Å². The number of nitrogens with zero attached hydrogens (tertiary/aromatic N) is 3. The molecule has 0 spiro atoms. The highest BCUT2D eigenvalue weighted by Gasteiger charge is 2.27. The van der Waals surface area contributed by atoms with E-state index in [0.29, 0.717) is 12.5 Å². The van der Waals surface area contributed by atoms with E-state index in [0.717, 1.165) is 22.0 Å². The first kappa shape index (κ1) is 10.7. The molecule has 1 fully saturated rings. The minimum atomic E-state index is 0.540. The number of aromatic nitrogens is 3. The van der Waals surface area contributed by atoms with Crippen LogP contribution in [-0.4, -0.2) is 15.1 Å². The van der Waals surface area contributed by atoms with E-state index in [-0.39, 0.29) is 0 Å². The van der Waals surface area contributed by atoms with E-state index in [4.69, 9.17) is 4.52 Å². The van der Waals surface area contributed by atoms with Crippen LogP contribution in [0.15, 0.2) is 27.5 Å². The molecule has 1 aliphatic carbocycles. The van der Waals surface area contributed by atoms with Gasteiger partial charge in [-0.3, -0.25) is 0 Å². The van der Waals surface area contributed by atoms with Crippen LogP contribution in [0.4, 0.5) is 5.82 Å². The summed E-state index contributed by atoms with van der Waals surface area (Å²) in [5, 5.41) is 6.85. The molecule has 0 aromatic carbocycles. The molecule has 2 aromatic heterocycles. The van der Waals surface area contributed by atoms with Gasteiger partial charge in [-0.2, -0.15) is 0 Å². The van der Waals surface area contributed by atoms with Gasteiger partial charge >= 0.3 is 0 Å². The van der Waals surface area contributed by atoms with E-state index < -0.39 is 0 Å². The van der Waals surface area contributed by atoms with E-state index in [9.17, 15) is 0 Å². The highest BCUT2D eigenvalue weighted by molar-refractivity contribution is 9.10. The number of halogens is 1. The number of hydrogen-bond acceptors (Lipinski definition) is 5. The van der Waals surface area contributed by atoms with Crippen LogP contribution in [0.25, 0.3) is 0 Å². The Morgan fingerprint density at radius 2 is 2.29 bits per heavy atom. The van der Waals surface area contributed by atoms with Crippen LogP contribution in [0, 0.1) is 0 Å². The van der Waals surface area contributed by atoms with Crippen molar-refractivity contribution in [3.63, 3.8) is 0 Å². The maximum atomic E-state index is 5.01. The second-order valence-electron chi connectivity index (χ2n) is 4.04. The van der Waals surface area contributed by atoms with E-state index in [1.54, 1.807) is 6.20 Å². The standard InChI is InChI=1S/C11H11BrN4O/c12-9-5-10(13-6-8-3-4-14-17-8)16-11(15-9)7-1-2-7/h3-5,7H,1-2,6H2,(H,13,15,16). The van der Waals surface area contributed by atoms with Gasteiger partial charge in [-0.1, -0.05) is 5.16 Å². The lowest BCUT2D eigenvalue weighted by atomic mass is 10.4. The molecule has 0 unspecified atom stereocenters. The van der Waals surface area contributed by atoms with Gasteiger partial charge in [0.1, 0.15) is 16.2 Å². The molecule has 0 bridgehead atoms. The van der Waals surface area contributed by atoms with Gasteiger partial charge in [0, 0.05) is 18.1 Å². The summed E-state index contributed by atoms with van der Waals surface area (Å²) in [5.41, 5.74) is 0. The summed E-state index contributed by atoms with van der Waals surface area (Å²) < 4.78 is 5.82. The summed E-state index contributed by atoms with van der Waals surface area (Å²) in [6.07, 6.45) is 4.01. The first-order chi connectivity index (χ1) is 8.31. The van der Waals surface area contributed by atoms with Crippen LogP contribution in [0.5, 0.6) is 0 Å². The first-order valence-corrected chi connectivity index (χ1v) is 6.28. The van der Waals surface area contributed by atoms with Crippen LogP contribution < -0.4 is 5.32 Å². The Kier molecular flexibility index (Phi) is 2.80. The number of anilines is 1. The van der Waals surface area contributed by atoms with Crippen molar-refractivity contribution in [3.05, 3.63) is 34.5 Å². The summed E-state index contributed by atoms with van der Waals surface area (Å²) in [4.78, 5) is 8.85. The monoisotopic (exact) mass is 294 g/mol. The van der Waals surface area contributed by atoms with Gasteiger partial charge in [-0.15, -0.1) is 0 Å². The average molecular weight is 295 g/mol. The summed E-state index contributed by atoms with van der Waals surface area (Å²) in [7, 11) is 0. The van der Waals surface area contributed by atoms with Crippen LogP contribution in [0.1, 0.15) is 30.3 Å². The maximum absolute atomic E-state index is 5.01. The Hall–Kier alpha value is -1.43. The van der Waals surface area contributed by atoms with Crippen molar-refractivity contribution in [1.82, 2.24) is 15.1 Å². The van der Waals surface area contributed by atoms with Gasteiger partial charge in [0.25, 0.3) is 0 Å². The van der Waals surface area contributed by atoms with Crippen LogP contribution >= 0.6 is 15.9 Å². The minimum absolute atomic E-state index is 0.540. The fourth-order valence-corrected chi connectivity index (χ4v) is 1.96. The third-order valence-electron chi connectivity index (χ3n) is 2.59. The molecule has 5 nitrogen and oxygen atoms in total. The Bertz CT molecular complexity index is 510. The predicted molar refractivity (Wildman–Crippen MR) is 65.5 cm³/mol. The van der Waals surface area contributed by atoms with Crippen molar-refractivity contribution in [1.29, 1.82) is 0 Å². The molecule has 0 aliphatic heterocycles. The Morgan fingerprint density at radius 1 is 1.41 bits per heavy atom. The molecule has 0 atom stereocenters. The van der Waals surface area contributed by atoms with Crippen LogP contribution in [0.3, 0.4) is 0 Å². The third kappa shape index (κ3) is 2.63. The second kappa shape index (κ2) is 4.44. The van der Waals surface area contributed by atoms with E-state index in [2.05, 4.69) is 36.4 Å². The lowest BCUT2D eigenvalue weighted by Crippen LogP contribution is -2.03. The summed E-state index contributed by atoms with van der Waals surface area (Å²) in [5.74, 6) is 3.05. The van der Waals surface area contributed by atoms with Crippen molar-refractivity contribution < 1.29 is 4.52 Å². The second-order valence-corrected chi connectivity index (χ2v) is 4.85. The van der Waals surface area contributed by atoms with Gasteiger partial charge in [0.05, 0.1) is 12.7 Å². The zero-order valence-corrected chi connectivity index (χ0v) is 10.6. The topological polar surface area (TPSA) is 63.8 Å². The summed E-state index contributed by atoms with van der Waals surface area (Å²) in [6, 6.07) is 3.69. The van der Waals surface area contributed by atoms with Gasteiger partial charge < -0.3 is 9.84 Å². The number of rotatable bonds is 4. The molecule has 0 radical (unpaired) electrons. The summed E-state index contributed by atoms with van der Waals surface area (Å²) >= 11 is 3.40. The Labute approximate surface area is 107 Å². The number of nitrogens with one attached hydrogen (secondary N) is 1. The van der Waals surface area contributed by atoms with Crippen molar-refractivity contribution in [2.45, 2.75) is 25.3 Å². The molecule has 3 rings (SSSR count). The molecule has 1 aliphatic rings. The predicted octanol–water partition coefficient (Wildman–Crippen LogP) is 2.72. The Morgan fingerprint density at radius 3 is 3.00 bits per heavy atom. The molecule has 2 heterocycles. The van der Waals surface area contributed by atoms with Crippen molar-refractivity contribution in [3.8, 4) is 0 Å². The SMILES string of the molecule is Brc1cc(NCc2ccno2)nc(C2CC2)n1. The molecule has 17 heavy (non-hydrogen) atoms. The fraction of sp³-hybridized carbons (Fsp3) is 0.364. The van der Waals surface area contributed by atoms with Crippen LogP contribution in [-0.2, 0) is 6.54 Å². The Balaban J connectivity index is 1.73. The highest BCUT2D eigenvalue weighted by atomic mass is 79.9. The molecular weight excluding hydrogens is 284 g/mol. The molecule has 2 aromatic rings. The number of hydrogen-bond donors (Lipinski definition) is 1. The minimum Gasteiger partial charge on any atom is -0.363 e. The van der Waals surface area contributed by atoms with Crippen molar-refractivity contribution >= 4 is 21.7 Å². The van der Waals surface area contributed by atoms with Crippen molar-refractivity contribution in [2.24, 2.45) is 0 Å². The lowest BCUT2D eigenvalue weighted by Gasteiger charge is -2.05. The molecule has 0 saturated heterocycles. The van der Waals surface area contributed by atoms with Gasteiger partial charge in [0.15, 0.2) is 5.76 Å². The zero-order chi connectivity index (χ0) is 11.7. The van der Waals surface area contributed by atoms with Crippen LogP contribution in [0.2, 0.25) is 0 Å². The quantitative estimate of drug-likeness (QED) is 0.879. The van der Waals surface area contributed by atoms with Gasteiger partial charge in [-0.05, 0) is 28.8 Å². The average Bonchev–Trinajstić information content (AvgIpc) is 3.04. The molecule has 6 heteroatoms. The third-order valence-corrected chi connectivity index (χ3v) is 3.00. The molecule has 1 N–H and O–H groups in total.